The number of hydrogen-bond donors (Lipinski definition) is 2. The summed E-state index contributed by atoms with van der Waals surface area (Å²) in [6.45, 7) is 2.45. The molecule has 0 saturated carbocycles. The first kappa shape index (κ1) is 23.1. The van der Waals surface area contributed by atoms with Gasteiger partial charge >= 0.3 is 0 Å². The Balaban J connectivity index is 1.44. The maximum atomic E-state index is 13.1. The van der Waals surface area contributed by atoms with E-state index in [0.29, 0.717) is 28.1 Å². The molecular formula is C26H24Cl2N2O3S. The molecule has 0 saturated heterocycles. The number of sulfonamides is 1. The number of allylic oxidation sites excluding steroid dienone is 2. The van der Waals surface area contributed by atoms with Gasteiger partial charge in [-0.25, -0.2) is 8.42 Å². The SMILES string of the molecule is CCOc1ccc(NS(=O)(=O)c2ccc3c(c2)C2C=CCC2C(c2ccc(Cl)cc2Cl)N3)cc1. The average molecular weight is 515 g/mol. The van der Waals surface area contributed by atoms with Crippen LogP contribution in [-0.2, 0) is 10.0 Å². The van der Waals surface area contributed by atoms with E-state index in [-0.39, 0.29) is 22.8 Å². The highest BCUT2D eigenvalue weighted by atomic mass is 35.5. The highest BCUT2D eigenvalue weighted by Crippen LogP contribution is 2.51. The van der Waals surface area contributed by atoms with E-state index in [4.69, 9.17) is 27.9 Å². The summed E-state index contributed by atoms with van der Waals surface area (Å²) in [5, 5.41) is 4.82. The second-order valence-corrected chi connectivity index (χ2v) is 11.0. The Bertz CT molecular complexity index is 1360. The van der Waals surface area contributed by atoms with Crippen molar-refractivity contribution >= 4 is 44.6 Å². The molecule has 2 N–H and O–H groups in total. The minimum Gasteiger partial charge on any atom is -0.494 e. The van der Waals surface area contributed by atoms with Crippen molar-refractivity contribution in [1.29, 1.82) is 0 Å². The fourth-order valence-electron chi connectivity index (χ4n) is 4.80. The number of benzene rings is 3. The summed E-state index contributed by atoms with van der Waals surface area (Å²) in [4.78, 5) is 0.226. The van der Waals surface area contributed by atoms with Crippen LogP contribution in [0.4, 0.5) is 11.4 Å². The second kappa shape index (κ2) is 9.17. The van der Waals surface area contributed by atoms with Gasteiger partial charge in [0.2, 0.25) is 0 Å². The third-order valence-electron chi connectivity index (χ3n) is 6.36. The standard InChI is InChI=1S/C26H24Cl2N2O3S/c1-2-33-18-9-7-17(8-10-18)30-34(31,32)19-11-13-25-23(15-19)20-4-3-5-21(20)26(29-25)22-12-6-16(27)14-24(22)28/h3-4,6-15,20-21,26,29-30H,2,5H2,1H3. The van der Waals surface area contributed by atoms with E-state index in [1.165, 1.54) is 0 Å². The lowest BCUT2D eigenvalue weighted by Gasteiger charge is -2.38. The lowest BCUT2D eigenvalue weighted by Crippen LogP contribution is -2.29. The van der Waals surface area contributed by atoms with Gasteiger partial charge in [0.05, 0.1) is 17.5 Å². The molecule has 1 aliphatic heterocycles. The largest absolute Gasteiger partial charge is 0.494 e. The van der Waals surface area contributed by atoms with Crippen molar-refractivity contribution in [3.8, 4) is 5.75 Å². The van der Waals surface area contributed by atoms with Crippen LogP contribution < -0.4 is 14.8 Å². The Labute approximate surface area is 209 Å². The second-order valence-electron chi connectivity index (χ2n) is 8.45. The van der Waals surface area contributed by atoms with Crippen molar-refractivity contribution in [2.24, 2.45) is 5.92 Å². The van der Waals surface area contributed by atoms with E-state index in [9.17, 15) is 8.42 Å². The molecule has 3 unspecified atom stereocenters. The van der Waals surface area contributed by atoms with Gasteiger partial charge in [-0.05, 0) is 85.0 Å². The lowest BCUT2D eigenvalue weighted by molar-refractivity contribution is 0.340. The molecule has 8 heteroatoms. The topological polar surface area (TPSA) is 67.4 Å². The lowest BCUT2D eigenvalue weighted by atomic mass is 9.77. The molecule has 0 amide bonds. The highest BCUT2D eigenvalue weighted by molar-refractivity contribution is 7.92. The maximum Gasteiger partial charge on any atom is 0.261 e. The minimum absolute atomic E-state index is 0.00158. The molecule has 0 fully saturated rings. The van der Waals surface area contributed by atoms with E-state index in [0.717, 1.165) is 23.2 Å². The Hall–Kier alpha value is -2.67. The van der Waals surface area contributed by atoms with Gasteiger partial charge in [-0.15, -0.1) is 0 Å². The summed E-state index contributed by atoms with van der Waals surface area (Å²) in [7, 11) is -3.76. The van der Waals surface area contributed by atoms with Gasteiger partial charge in [0.25, 0.3) is 10.0 Å². The van der Waals surface area contributed by atoms with Crippen LogP contribution >= 0.6 is 23.2 Å². The first-order valence-electron chi connectivity index (χ1n) is 11.1. The molecule has 3 aromatic carbocycles. The smallest absolute Gasteiger partial charge is 0.261 e. The molecule has 3 atom stereocenters. The summed E-state index contributed by atoms with van der Waals surface area (Å²) in [6.07, 6.45) is 5.20. The molecule has 176 valence electrons. The quantitative estimate of drug-likeness (QED) is 0.346. The molecule has 0 aromatic heterocycles. The normalized spacial score (nSPS) is 20.9. The minimum atomic E-state index is -3.76. The summed E-state index contributed by atoms with van der Waals surface area (Å²) in [5.41, 5.74) is 3.35. The van der Waals surface area contributed by atoms with Crippen molar-refractivity contribution < 1.29 is 13.2 Å². The molecule has 5 nitrogen and oxygen atoms in total. The van der Waals surface area contributed by atoms with E-state index < -0.39 is 10.0 Å². The fourth-order valence-corrected chi connectivity index (χ4v) is 6.42. The molecule has 1 aliphatic carbocycles. The van der Waals surface area contributed by atoms with E-state index in [1.807, 2.05) is 25.1 Å². The van der Waals surface area contributed by atoms with Gasteiger partial charge < -0.3 is 10.1 Å². The zero-order valence-electron chi connectivity index (χ0n) is 18.5. The Morgan fingerprint density at radius 3 is 2.56 bits per heavy atom. The van der Waals surface area contributed by atoms with Crippen LogP contribution in [0.5, 0.6) is 5.75 Å². The molecule has 0 radical (unpaired) electrons. The average Bonchev–Trinajstić information content (AvgIpc) is 3.30. The van der Waals surface area contributed by atoms with E-state index in [2.05, 4.69) is 22.2 Å². The maximum absolute atomic E-state index is 13.1. The molecule has 0 bridgehead atoms. The predicted molar refractivity (Wildman–Crippen MR) is 138 cm³/mol. The van der Waals surface area contributed by atoms with Crippen LogP contribution in [-0.4, -0.2) is 15.0 Å². The van der Waals surface area contributed by atoms with Crippen LogP contribution in [0, 0.1) is 5.92 Å². The molecule has 5 rings (SSSR count). The first-order chi connectivity index (χ1) is 16.4. The van der Waals surface area contributed by atoms with Gasteiger partial charge in [0.1, 0.15) is 5.75 Å². The number of halogens is 2. The van der Waals surface area contributed by atoms with E-state index in [1.54, 1.807) is 42.5 Å². The van der Waals surface area contributed by atoms with E-state index >= 15 is 0 Å². The summed E-state index contributed by atoms with van der Waals surface area (Å²) in [6, 6.07) is 17.7. The van der Waals surface area contributed by atoms with Crippen LogP contribution in [0.3, 0.4) is 0 Å². The van der Waals surface area contributed by atoms with Crippen molar-refractivity contribution in [3.05, 3.63) is 94.0 Å². The Morgan fingerprint density at radius 2 is 1.82 bits per heavy atom. The Kier molecular flexibility index (Phi) is 6.23. The number of fused-ring (bicyclic) bond motifs is 3. The zero-order chi connectivity index (χ0) is 23.9. The molecule has 3 aromatic rings. The summed E-state index contributed by atoms with van der Waals surface area (Å²) >= 11 is 12.6. The van der Waals surface area contributed by atoms with Crippen molar-refractivity contribution in [3.63, 3.8) is 0 Å². The van der Waals surface area contributed by atoms with Gasteiger partial charge in [0.15, 0.2) is 0 Å². The predicted octanol–water partition coefficient (Wildman–Crippen LogP) is 7.02. The van der Waals surface area contributed by atoms with Gasteiger partial charge in [-0.2, -0.15) is 0 Å². The summed E-state index contributed by atoms with van der Waals surface area (Å²) < 4.78 is 34.4. The van der Waals surface area contributed by atoms with Crippen LogP contribution in [0.2, 0.25) is 10.0 Å². The van der Waals surface area contributed by atoms with Crippen molar-refractivity contribution in [2.45, 2.75) is 30.2 Å². The monoisotopic (exact) mass is 514 g/mol. The number of nitrogens with one attached hydrogen (secondary N) is 2. The molecular weight excluding hydrogens is 491 g/mol. The molecule has 1 heterocycles. The Morgan fingerprint density at radius 1 is 1.03 bits per heavy atom. The first-order valence-corrected chi connectivity index (χ1v) is 13.4. The summed E-state index contributed by atoms with van der Waals surface area (Å²) in [5.74, 6) is 1.01. The molecule has 34 heavy (non-hydrogen) atoms. The van der Waals surface area contributed by atoms with Gasteiger partial charge in [-0.1, -0.05) is 41.4 Å². The highest BCUT2D eigenvalue weighted by Gasteiger charge is 2.39. The van der Waals surface area contributed by atoms with Crippen LogP contribution in [0.1, 0.15) is 36.4 Å². The third-order valence-corrected chi connectivity index (χ3v) is 8.30. The van der Waals surface area contributed by atoms with Gasteiger partial charge in [-0.3, -0.25) is 4.72 Å². The van der Waals surface area contributed by atoms with Crippen molar-refractivity contribution in [1.82, 2.24) is 0 Å². The number of hydrogen-bond acceptors (Lipinski definition) is 4. The van der Waals surface area contributed by atoms with Crippen LogP contribution in [0.25, 0.3) is 0 Å². The number of anilines is 2. The van der Waals surface area contributed by atoms with Gasteiger partial charge in [0, 0.05) is 27.3 Å². The van der Waals surface area contributed by atoms with Crippen LogP contribution in [0.15, 0.2) is 77.7 Å². The van der Waals surface area contributed by atoms with Crippen molar-refractivity contribution in [2.75, 3.05) is 16.6 Å². The molecule has 2 aliphatic rings. The number of rotatable bonds is 6. The fraction of sp³-hybridized carbons (Fsp3) is 0.231. The number of ether oxygens (including phenoxy) is 1. The third kappa shape index (κ3) is 4.38. The molecule has 0 spiro atoms. The zero-order valence-corrected chi connectivity index (χ0v) is 20.8.